The smallest absolute Gasteiger partial charge is 0.407 e. The summed E-state index contributed by atoms with van der Waals surface area (Å²) in [5, 5.41) is 16.5. The first-order chi connectivity index (χ1) is 55.6. The molecule has 8 aliphatic heterocycles. The molecule has 0 unspecified atom stereocenters. The Morgan fingerprint density at radius 1 is 0.530 bits per heavy atom. The summed E-state index contributed by atoms with van der Waals surface area (Å²) in [6.07, 6.45) is 9.73. The molecule has 4 fully saturated rings. The molecule has 26 nitrogen and oxygen atoms in total. The molecule has 0 saturated carbocycles. The zero-order valence-electron chi connectivity index (χ0n) is 68.1. The fraction of sp³-hybridized carbons (Fsp3) is 0.483. The van der Waals surface area contributed by atoms with Crippen molar-refractivity contribution in [3.8, 4) is 56.3 Å². The molecule has 4 saturated heterocycles. The SMILES string of the molecule is CC[C@H](C)[C@H](NC(=O)OC)C(=O)N1[C@@H](C)CC[C@H]1c1ncc(-c2ccc3c(c2)COc2cc4c5c(ccc4cc2-3)N=C([C@@H]2C[C@H](COC)CN2)C5)[nH]1.CC[C@H](C)[C@H](NC(=O)OC)C(=O)N1[C@@H](C)CC[C@H]1c1ncc(-c2ccc3c(c2)COc2cc4c5c(ccc4cc2-3)N=C([C@@H]2C[C@H](COC)CN2C(=O)[C@@H](NC(=O)OC)C(C)C)C5)[nH]1. The lowest BCUT2D eigenvalue weighted by molar-refractivity contribution is -0.138. The van der Waals surface area contributed by atoms with Gasteiger partial charge in [-0.25, -0.2) is 24.4 Å². The highest BCUT2D eigenvalue weighted by Gasteiger charge is 2.46. The van der Waals surface area contributed by atoms with Gasteiger partial charge in [0, 0.05) is 86.7 Å². The van der Waals surface area contributed by atoms with Crippen LogP contribution in [0.1, 0.15) is 153 Å². The van der Waals surface area contributed by atoms with Gasteiger partial charge in [0.15, 0.2) is 0 Å². The van der Waals surface area contributed by atoms with E-state index >= 15 is 0 Å². The molecule has 8 aromatic rings. The van der Waals surface area contributed by atoms with Gasteiger partial charge in [0.05, 0.1) is 87.8 Å². The number of aromatic amines is 2. The zero-order valence-corrected chi connectivity index (χ0v) is 68.1. The minimum Gasteiger partial charge on any atom is -0.488 e. The van der Waals surface area contributed by atoms with Gasteiger partial charge in [0.2, 0.25) is 17.7 Å². The number of amides is 6. The number of aromatic nitrogens is 4. The van der Waals surface area contributed by atoms with Crippen LogP contribution in [0.15, 0.2) is 107 Å². The number of hydrogen-bond acceptors (Lipinski definition) is 18. The topological polar surface area (TPSA) is 307 Å². The van der Waals surface area contributed by atoms with Crippen LogP contribution in [0.3, 0.4) is 0 Å². The molecule has 13 atom stereocenters. The Hall–Kier alpha value is -10.7. The standard InChI is InChI=1S/C48H59N7O8.C41H48N6O5/c1-9-26(4)43(53-48(59)62-8)46(57)55-27(5)10-15-39(55)44-49-21-38(51-44)30-11-13-32-31(17-30)24-63-41-20-33-29(18-35(32)41)12-14-36-34(33)19-37(50-36)40-16-28(23-60-6)22-54(40)45(56)42(25(2)3)52-47(58)61-7;1-6-22(2)38(46-41(49)51-5)40(48)47-23(3)7-12-36(47)39-43-19-35(45-39)26-8-10-28-27(14-26)21-52-37-17-29-25(15-31(28)37)9-11-32-30(29)16-34(44-32)33-13-24(18-42-33)20-50-4/h11-14,17-18,20-21,25-28,39-40,42-43H,9-10,15-16,19,22-24H2,1-8H3,(H,49,51)(H,52,58)(H,53,59);8-11,14-15,17,19,22-24,33,36,38,42H,6-7,12-13,16,18,20-21H2,1-5H3,(H,43,45)(H,46,49)/t26-,27-,28-,39-,40-,42-,43-;22-,23-,24-,33-,36-,38-/m00/s1. The summed E-state index contributed by atoms with van der Waals surface area (Å²) in [5.74, 6) is 3.16. The molecule has 26 heteroatoms. The number of H-pyrrole nitrogens is 2. The number of rotatable bonds is 21. The summed E-state index contributed by atoms with van der Waals surface area (Å²) in [5.41, 5.74) is 16.7. The summed E-state index contributed by atoms with van der Waals surface area (Å²) in [7, 11) is 7.36. The molecular formula is C89H107N13O13. The van der Waals surface area contributed by atoms with Crippen molar-refractivity contribution in [3.05, 3.63) is 131 Å². The first-order valence-electron chi connectivity index (χ1n) is 40.8. The maximum atomic E-state index is 14.1. The number of likely N-dealkylation sites (tertiary alicyclic amines) is 3. The van der Waals surface area contributed by atoms with Crippen LogP contribution in [-0.4, -0.2) is 186 Å². The van der Waals surface area contributed by atoms with E-state index in [2.05, 4.69) is 123 Å². The first kappa shape index (κ1) is 79.5. The average Bonchev–Trinajstić information content (AvgIpc) is 1.73. The Bertz CT molecular complexity index is 5130. The van der Waals surface area contributed by atoms with Gasteiger partial charge in [-0.1, -0.05) is 90.8 Å². The molecule has 0 bridgehead atoms. The van der Waals surface area contributed by atoms with E-state index in [9.17, 15) is 28.8 Å². The number of ether oxygens (including phenoxy) is 7. The van der Waals surface area contributed by atoms with Gasteiger partial charge >= 0.3 is 18.3 Å². The molecule has 606 valence electrons. The lowest BCUT2D eigenvalue weighted by atomic mass is 9.90. The van der Waals surface area contributed by atoms with E-state index in [0.717, 1.165) is 172 Å². The Morgan fingerprint density at radius 3 is 1.47 bits per heavy atom. The second kappa shape index (κ2) is 33.6. The number of carbonyl (C=O) groups excluding carboxylic acids is 6. The van der Waals surface area contributed by atoms with Crippen LogP contribution in [0.25, 0.3) is 66.3 Å². The van der Waals surface area contributed by atoms with E-state index in [1.165, 1.54) is 48.9 Å². The number of hydrogen-bond donors (Lipinski definition) is 6. The van der Waals surface area contributed by atoms with E-state index in [0.29, 0.717) is 50.6 Å². The maximum absolute atomic E-state index is 14.1. The van der Waals surface area contributed by atoms with Crippen LogP contribution in [-0.2, 0) is 64.1 Å². The molecule has 115 heavy (non-hydrogen) atoms. The second-order valence-electron chi connectivity index (χ2n) is 32.8. The number of imidazole rings is 2. The summed E-state index contributed by atoms with van der Waals surface area (Å²) in [6, 6.07) is 27.6. The molecule has 0 aliphatic carbocycles. The highest BCUT2D eigenvalue weighted by molar-refractivity contribution is 6.08. The lowest BCUT2D eigenvalue weighted by Gasteiger charge is -2.33. The molecule has 6 amide bonds. The molecule has 8 aliphatic rings. The van der Waals surface area contributed by atoms with E-state index in [-0.39, 0.29) is 71.6 Å². The van der Waals surface area contributed by atoms with Crippen molar-refractivity contribution in [1.82, 2.24) is 55.9 Å². The Morgan fingerprint density at radius 2 is 1.00 bits per heavy atom. The van der Waals surface area contributed by atoms with Crippen molar-refractivity contribution >= 4 is 80.3 Å². The number of methoxy groups -OCH3 is 5. The number of aliphatic imine (C=N–C) groups is 2. The number of benzene rings is 6. The molecular weight excluding hydrogens is 1460 g/mol. The van der Waals surface area contributed by atoms with Crippen molar-refractivity contribution in [1.29, 1.82) is 0 Å². The highest BCUT2D eigenvalue weighted by atomic mass is 16.5. The van der Waals surface area contributed by atoms with E-state index < -0.39 is 36.4 Å². The summed E-state index contributed by atoms with van der Waals surface area (Å²) in [4.78, 5) is 111. The van der Waals surface area contributed by atoms with Gasteiger partial charge in [-0.2, -0.15) is 0 Å². The van der Waals surface area contributed by atoms with Gasteiger partial charge in [0.1, 0.15) is 54.5 Å². The Balaban J connectivity index is 0.000000184. The summed E-state index contributed by atoms with van der Waals surface area (Å²) in [6.45, 7) is 19.5. The van der Waals surface area contributed by atoms with E-state index in [1.54, 1.807) is 14.2 Å². The second-order valence-corrected chi connectivity index (χ2v) is 32.8. The molecule has 0 radical (unpaired) electrons. The number of fused-ring (bicyclic) bond motifs is 12. The van der Waals surface area contributed by atoms with Gasteiger partial charge in [-0.3, -0.25) is 24.4 Å². The Labute approximate surface area is 671 Å². The highest BCUT2D eigenvalue weighted by Crippen LogP contribution is 2.49. The quantitative estimate of drug-likeness (QED) is 0.0364. The summed E-state index contributed by atoms with van der Waals surface area (Å²) >= 11 is 0. The minimum absolute atomic E-state index is 0.0160. The number of nitrogens with one attached hydrogen (secondary N) is 6. The Kier molecular flexibility index (Phi) is 23.3. The molecule has 6 N–H and O–H groups in total. The number of alkyl carbamates (subject to hydrolysis) is 3. The van der Waals surface area contributed by atoms with Crippen LogP contribution in [0, 0.1) is 29.6 Å². The van der Waals surface area contributed by atoms with Crippen molar-refractivity contribution in [3.63, 3.8) is 0 Å². The fourth-order valence-electron chi connectivity index (χ4n) is 18.5. The summed E-state index contributed by atoms with van der Waals surface area (Å²) < 4.78 is 38.4. The lowest BCUT2D eigenvalue weighted by Crippen LogP contribution is -2.53. The number of nitrogens with zero attached hydrogens (tertiary/aromatic N) is 7. The fourth-order valence-corrected chi connectivity index (χ4v) is 18.5. The molecule has 10 heterocycles. The van der Waals surface area contributed by atoms with E-state index in [4.69, 9.17) is 53.1 Å². The largest absolute Gasteiger partial charge is 0.488 e. The first-order valence-corrected chi connectivity index (χ1v) is 40.8. The third-order valence-electron chi connectivity index (χ3n) is 25.3. The average molecular weight is 1570 g/mol. The predicted molar refractivity (Wildman–Crippen MR) is 440 cm³/mol. The van der Waals surface area contributed by atoms with Crippen LogP contribution in [0.5, 0.6) is 11.5 Å². The van der Waals surface area contributed by atoms with Gasteiger partial charge < -0.3 is 79.1 Å². The van der Waals surface area contributed by atoms with Crippen LogP contribution >= 0.6 is 0 Å². The third-order valence-corrected chi connectivity index (χ3v) is 25.3. The van der Waals surface area contributed by atoms with Crippen molar-refractivity contribution in [2.24, 2.45) is 39.6 Å². The zero-order chi connectivity index (χ0) is 80.8. The van der Waals surface area contributed by atoms with Crippen LogP contribution < -0.4 is 30.7 Å². The van der Waals surface area contributed by atoms with Gasteiger partial charge in [-0.05, 0) is 191 Å². The molecule has 6 aromatic carbocycles. The molecule has 0 spiro atoms. The van der Waals surface area contributed by atoms with Crippen molar-refractivity contribution < 1.29 is 61.9 Å². The van der Waals surface area contributed by atoms with Crippen LogP contribution in [0.2, 0.25) is 0 Å². The van der Waals surface area contributed by atoms with Crippen molar-refractivity contribution in [2.45, 2.75) is 187 Å². The normalized spacial score (nSPS) is 22.2. The third kappa shape index (κ3) is 15.6. The van der Waals surface area contributed by atoms with Gasteiger partial charge in [-0.15, -0.1) is 0 Å². The van der Waals surface area contributed by atoms with E-state index in [1.807, 2.05) is 75.6 Å². The maximum Gasteiger partial charge on any atom is 0.407 e. The number of carbonyl (C=O) groups is 6. The van der Waals surface area contributed by atoms with Crippen molar-refractivity contribution in [2.75, 3.05) is 61.9 Å². The molecule has 2 aromatic heterocycles. The monoisotopic (exact) mass is 1570 g/mol. The minimum atomic E-state index is -0.734. The predicted octanol–water partition coefficient (Wildman–Crippen LogP) is 14.3. The molecule has 16 rings (SSSR count). The van der Waals surface area contributed by atoms with Crippen LogP contribution in [0.4, 0.5) is 25.8 Å². The van der Waals surface area contributed by atoms with Gasteiger partial charge in [0.25, 0.3) is 0 Å².